The second-order valence-corrected chi connectivity index (χ2v) is 6.17. The fourth-order valence-corrected chi connectivity index (χ4v) is 2.42. The molecule has 24 heavy (non-hydrogen) atoms. The third-order valence-corrected chi connectivity index (χ3v) is 3.72. The van der Waals surface area contributed by atoms with Crippen LogP contribution in [0, 0.1) is 5.41 Å². The highest BCUT2D eigenvalue weighted by atomic mass is 32.2. The molecule has 6 heteroatoms. The number of thioether (sulfide) groups is 1. The molecule has 0 fully saturated rings. The Hall–Kier alpha value is -2.18. The van der Waals surface area contributed by atoms with Gasteiger partial charge in [0.2, 0.25) is 0 Å². The summed E-state index contributed by atoms with van der Waals surface area (Å²) in [4.78, 5) is 10.6. The Balaban J connectivity index is 2.08. The van der Waals surface area contributed by atoms with Crippen LogP contribution in [0.5, 0.6) is 0 Å². The molecule has 0 saturated heterocycles. The second kappa shape index (κ2) is 9.20. The highest BCUT2D eigenvalue weighted by Gasteiger charge is 2.12. The summed E-state index contributed by atoms with van der Waals surface area (Å²) in [7, 11) is 3.85. The van der Waals surface area contributed by atoms with Gasteiger partial charge in [-0.25, -0.2) is 9.97 Å². The van der Waals surface area contributed by atoms with E-state index in [1.54, 1.807) is 6.20 Å². The first-order valence-electron chi connectivity index (χ1n) is 7.55. The molecule has 2 rings (SSSR count). The molecule has 0 bridgehead atoms. The minimum Gasteiger partial charge on any atom is -0.383 e. The lowest BCUT2D eigenvalue weighted by molar-refractivity contribution is 0.158. The van der Waals surface area contributed by atoms with Crippen molar-refractivity contribution in [3.05, 3.63) is 60.1 Å². The summed E-state index contributed by atoms with van der Waals surface area (Å²) in [6.45, 7) is 0.714. The van der Waals surface area contributed by atoms with Crippen molar-refractivity contribution in [1.29, 1.82) is 5.41 Å². The first-order chi connectivity index (χ1) is 11.6. The molecule has 0 atom stereocenters. The fourth-order valence-electron chi connectivity index (χ4n) is 2.07. The van der Waals surface area contributed by atoms with Crippen molar-refractivity contribution in [3.8, 4) is 0 Å². The van der Waals surface area contributed by atoms with Crippen molar-refractivity contribution in [1.82, 2.24) is 14.9 Å². The van der Waals surface area contributed by atoms with E-state index in [0.717, 1.165) is 16.8 Å². The van der Waals surface area contributed by atoms with E-state index in [2.05, 4.69) is 9.97 Å². The summed E-state index contributed by atoms with van der Waals surface area (Å²) in [5.41, 5.74) is 2.96. The molecule has 1 heterocycles. The van der Waals surface area contributed by atoms with Gasteiger partial charge in [-0.15, -0.1) is 0 Å². The van der Waals surface area contributed by atoms with E-state index in [4.69, 9.17) is 10.1 Å². The van der Waals surface area contributed by atoms with Gasteiger partial charge in [0.25, 0.3) is 0 Å². The van der Waals surface area contributed by atoms with Crippen molar-refractivity contribution in [2.45, 2.75) is 11.8 Å². The van der Waals surface area contributed by atoms with Crippen LogP contribution in [-0.4, -0.2) is 47.5 Å². The maximum atomic E-state index is 8.38. The largest absolute Gasteiger partial charge is 0.383 e. The smallest absolute Gasteiger partial charge is 0.187 e. The first kappa shape index (κ1) is 18.2. The zero-order valence-corrected chi connectivity index (χ0v) is 15.0. The molecule has 1 N–H and O–H groups in total. The number of hydrogen-bond acceptors (Lipinski definition) is 6. The van der Waals surface area contributed by atoms with Crippen LogP contribution in [0.1, 0.15) is 11.3 Å². The predicted octanol–water partition coefficient (Wildman–Crippen LogP) is 3.34. The Bertz CT molecular complexity index is 701. The summed E-state index contributed by atoms with van der Waals surface area (Å²) < 4.78 is 5.69. The first-order valence-corrected chi connectivity index (χ1v) is 8.77. The fraction of sp³-hybridized carbons (Fsp3) is 0.278. The van der Waals surface area contributed by atoms with Crippen LogP contribution >= 0.6 is 11.8 Å². The molecule has 0 amide bonds. The van der Waals surface area contributed by atoms with Crippen LogP contribution in [0.25, 0.3) is 5.57 Å². The van der Waals surface area contributed by atoms with Gasteiger partial charge in [-0.3, -0.25) is 0 Å². The number of aromatic nitrogens is 2. The lowest BCUT2D eigenvalue weighted by atomic mass is 10.1. The number of nitrogens with zero attached hydrogens (tertiary/aromatic N) is 3. The zero-order chi connectivity index (χ0) is 17.4. The van der Waals surface area contributed by atoms with E-state index in [1.165, 1.54) is 11.8 Å². The van der Waals surface area contributed by atoms with E-state index >= 15 is 0 Å². The molecular weight excluding hydrogens is 320 g/mol. The van der Waals surface area contributed by atoms with E-state index in [-0.39, 0.29) is 6.61 Å². The van der Waals surface area contributed by atoms with Crippen LogP contribution in [0.4, 0.5) is 0 Å². The van der Waals surface area contributed by atoms with Gasteiger partial charge < -0.3 is 15.0 Å². The Morgan fingerprint density at radius 2 is 2.00 bits per heavy atom. The molecule has 0 radical (unpaired) electrons. The molecule has 5 nitrogen and oxygen atoms in total. The zero-order valence-electron chi connectivity index (χ0n) is 14.2. The Morgan fingerprint density at radius 3 is 2.67 bits per heavy atom. The van der Waals surface area contributed by atoms with Crippen molar-refractivity contribution in [2.24, 2.45) is 0 Å². The molecule has 2 aromatic rings. The average molecular weight is 342 g/mol. The van der Waals surface area contributed by atoms with Gasteiger partial charge in [0, 0.05) is 32.1 Å². The van der Waals surface area contributed by atoms with E-state index in [0.29, 0.717) is 17.5 Å². The number of rotatable bonds is 8. The molecule has 0 unspecified atom stereocenters. The quantitative estimate of drug-likeness (QED) is 0.453. The molecule has 0 aliphatic rings. The molecule has 1 aromatic carbocycles. The standard InChI is InChI=1S/C18H22N4OS/c1-22(2)11-15(17-9-10-20-18(21-17)24-3)16(19)13-23-12-14-7-5-4-6-8-14/h4-11,19H,12-13H2,1-3H3/b15-11-,19-16?. The highest BCUT2D eigenvalue weighted by Crippen LogP contribution is 2.17. The van der Waals surface area contributed by atoms with Gasteiger partial charge >= 0.3 is 0 Å². The number of nitrogens with one attached hydrogen (secondary N) is 1. The summed E-state index contributed by atoms with van der Waals surface area (Å²) in [6, 6.07) is 11.8. The van der Waals surface area contributed by atoms with Crippen molar-refractivity contribution >= 4 is 23.0 Å². The highest BCUT2D eigenvalue weighted by molar-refractivity contribution is 7.98. The van der Waals surface area contributed by atoms with Gasteiger partial charge in [0.1, 0.15) is 0 Å². The minimum absolute atomic E-state index is 0.229. The molecule has 1 aromatic heterocycles. The number of benzene rings is 1. The maximum absolute atomic E-state index is 8.38. The molecule has 126 valence electrons. The number of hydrogen-bond donors (Lipinski definition) is 1. The number of ether oxygens (including phenoxy) is 1. The van der Waals surface area contributed by atoms with E-state index in [1.807, 2.05) is 67.8 Å². The summed E-state index contributed by atoms with van der Waals surface area (Å²) in [6.07, 6.45) is 5.54. The van der Waals surface area contributed by atoms with Crippen LogP contribution < -0.4 is 0 Å². The molecular formula is C18H22N4OS. The summed E-state index contributed by atoms with van der Waals surface area (Å²) in [5.74, 6) is 0. The second-order valence-electron chi connectivity index (χ2n) is 5.39. The molecule has 0 aliphatic carbocycles. The third-order valence-electron chi connectivity index (χ3n) is 3.16. The Labute approximate surface area is 147 Å². The Morgan fingerprint density at radius 1 is 1.25 bits per heavy atom. The van der Waals surface area contributed by atoms with Crippen LogP contribution in [0.2, 0.25) is 0 Å². The maximum Gasteiger partial charge on any atom is 0.187 e. The average Bonchev–Trinajstić information content (AvgIpc) is 2.60. The molecule has 0 saturated carbocycles. The van der Waals surface area contributed by atoms with E-state index < -0.39 is 0 Å². The molecule has 0 aliphatic heterocycles. The van der Waals surface area contributed by atoms with Crippen LogP contribution in [-0.2, 0) is 11.3 Å². The lowest BCUT2D eigenvalue weighted by Gasteiger charge is -2.14. The van der Waals surface area contributed by atoms with Gasteiger partial charge in [0.15, 0.2) is 5.16 Å². The van der Waals surface area contributed by atoms with Crippen molar-refractivity contribution in [3.63, 3.8) is 0 Å². The SMILES string of the molecule is CSc1nccc(/C(=C\N(C)C)C(=N)COCc2ccccc2)n1. The lowest BCUT2D eigenvalue weighted by Crippen LogP contribution is -2.14. The third kappa shape index (κ3) is 5.47. The summed E-state index contributed by atoms with van der Waals surface area (Å²) >= 11 is 1.48. The monoisotopic (exact) mass is 342 g/mol. The van der Waals surface area contributed by atoms with Crippen molar-refractivity contribution in [2.75, 3.05) is 27.0 Å². The van der Waals surface area contributed by atoms with Gasteiger partial charge in [-0.2, -0.15) is 0 Å². The topological polar surface area (TPSA) is 62.1 Å². The molecule has 0 spiro atoms. The summed E-state index contributed by atoms with van der Waals surface area (Å²) in [5, 5.41) is 9.07. The van der Waals surface area contributed by atoms with Gasteiger partial charge in [0.05, 0.1) is 24.6 Å². The van der Waals surface area contributed by atoms with Crippen LogP contribution in [0.3, 0.4) is 0 Å². The van der Waals surface area contributed by atoms with E-state index in [9.17, 15) is 0 Å². The van der Waals surface area contributed by atoms with Crippen molar-refractivity contribution < 1.29 is 4.74 Å². The minimum atomic E-state index is 0.229. The van der Waals surface area contributed by atoms with Gasteiger partial charge in [-0.1, -0.05) is 42.1 Å². The predicted molar refractivity (Wildman–Crippen MR) is 99.3 cm³/mol. The van der Waals surface area contributed by atoms with Crippen LogP contribution in [0.15, 0.2) is 54.0 Å². The Kier molecular flexibility index (Phi) is 6.96. The normalized spacial score (nSPS) is 11.4. The van der Waals surface area contributed by atoms with Gasteiger partial charge in [-0.05, 0) is 17.9 Å².